The molecule has 0 spiro atoms. The Bertz CT molecular complexity index is 2410. The zero-order chi connectivity index (χ0) is 29.0. The van der Waals surface area contributed by atoms with Crippen molar-refractivity contribution in [3.05, 3.63) is 164 Å². The van der Waals surface area contributed by atoms with Crippen LogP contribution < -0.4 is 0 Å². The Morgan fingerprint density at radius 3 is 1.55 bits per heavy atom. The maximum atomic E-state index is 5.16. The van der Waals surface area contributed by atoms with Crippen LogP contribution in [0.1, 0.15) is 0 Å². The summed E-state index contributed by atoms with van der Waals surface area (Å²) in [5, 5.41) is 4.69. The fraction of sp³-hybridized carbons (Fsp3) is 0. The van der Waals surface area contributed by atoms with Gasteiger partial charge in [0.25, 0.3) is 0 Å². The molecule has 3 nitrogen and oxygen atoms in total. The first-order valence-electron chi connectivity index (χ1n) is 15.0. The van der Waals surface area contributed by atoms with E-state index in [-0.39, 0.29) is 0 Å². The fourth-order valence-electron chi connectivity index (χ4n) is 6.79. The maximum absolute atomic E-state index is 5.16. The minimum atomic E-state index is 0.955. The highest BCUT2D eigenvalue weighted by Crippen LogP contribution is 2.42. The number of hydrogen-bond acceptors (Lipinski definition) is 1. The van der Waals surface area contributed by atoms with Gasteiger partial charge in [-0.15, -0.1) is 0 Å². The van der Waals surface area contributed by atoms with E-state index >= 15 is 0 Å². The standard InChI is InChI=1S/C41H27N3/c1-4-14-28(15-5-1)30-24-31(29-16-6-2-7-17-29)26-33(25-30)43-37-22-12-10-20-34(37)36-27-42-41-39(40(36)43)35-21-11-13-23-38(35)44(41)32-18-8-3-9-19-32/h1-27H. The van der Waals surface area contributed by atoms with E-state index in [9.17, 15) is 0 Å². The average molecular weight is 562 g/mol. The highest BCUT2D eigenvalue weighted by atomic mass is 15.1. The highest BCUT2D eigenvalue weighted by Gasteiger charge is 2.22. The summed E-state index contributed by atoms with van der Waals surface area (Å²) in [7, 11) is 0. The van der Waals surface area contributed by atoms with E-state index in [0.29, 0.717) is 0 Å². The number of fused-ring (bicyclic) bond motifs is 7. The zero-order valence-electron chi connectivity index (χ0n) is 23.9. The summed E-state index contributed by atoms with van der Waals surface area (Å²) in [6.45, 7) is 0. The molecule has 3 heterocycles. The summed E-state index contributed by atoms with van der Waals surface area (Å²) < 4.78 is 4.75. The Morgan fingerprint density at radius 2 is 0.909 bits per heavy atom. The van der Waals surface area contributed by atoms with Crippen LogP contribution in [0.2, 0.25) is 0 Å². The molecular weight excluding hydrogens is 534 g/mol. The van der Waals surface area contributed by atoms with Gasteiger partial charge in [0.05, 0.1) is 21.9 Å². The van der Waals surface area contributed by atoms with Gasteiger partial charge >= 0.3 is 0 Å². The summed E-state index contributed by atoms with van der Waals surface area (Å²) in [4.78, 5) is 5.16. The molecule has 3 heteroatoms. The Hall–Kier alpha value is -5.93. The van der Waals surface area contributed by atoms with Crippen LogP contribution in [0.5, 0.6) is 0 Å². The Balaban J connectivity index is 1.46. The smallest absolute Gasteiger partial charge is 0.147 e. The molecule has 9 rings (SSSR count). The van der Waals surface area contributed by atoms with Gasteiger partial charge in [0.1, 0.15) is 5.65 Å². The number of nitrogens with zero attached hydrogens (tertiary/aromatic N) is 3. The Morgan fingerprint density at radius 1 is 0.386 bits per heavy atom. The molecule has 0 atom stereocenters. The van der Waals surface area contributed by atoms with Gasteiger partial charge < -0.3 is 4.57 Å². The number of rotatable bonds is 4. The molecule has 0 bridgehead atoms. The van der Waals surface area contributed by atoms with Gasteiger partial charge in [0.2, 0.25) is 0 Å². The molecule has 0 aliphatic heterocycles. The third-order valence-corrected chi connectivity index (χ3v) is 8.72. The number of aromatic nitrogens is 3. The normalized spacial score (nSPS) is 11.6. The second kappa shape index (κ2) is 9.82. The number of pyridine rings is 1. The average Bonchev–Trinajstić information content (AvgIpc) is 3.62. The fourth-order valence-corrected chi connectivity index (χ4v) is 6.79. The second-order valence-corrected chi connectivity index (χ2v) is 11.3. The molecule has 0 N–H and O–H groups in total. The van der Waals surface area contributed by atoms with Crippen LogP contribution in [0, 0.1) is 0 Å². The van der Waals surface area contributed by atoms with Crippen molar-refractivity contribution >= 4 is 43.7 Å². The molecule has 0 radical (unpaired) electrons. The predicted octanol–water partition coefficient (Wildman–Crippen LogP) is 10.6. The lowest BCUT2D eigenvalue weighted by Crippen LogP contribution is -1.98. The molecule has 0 saturated heterocycles. The molecule has 0 saturated carbocycles. The van der Waals surface area contributed by atoms with Gasteiger partial charge in [-0.25, -0.2) is 4.98 Å². The van der Waals surface area contributed by atoms with Crippen molar-refractivity contribution in [1.29, 1.82) is 0 Å². The molecule has 0 fully saturated rings. The van der Waals surface area contributed by atoms with E-state index in [0.717, 1.165) is 38.8 Å². The SMILES string of the molecule is c1ccc(-c2cc(-c3ccccc3)cc(-n3c4ccccc4c4cnc5c(c6ccccc6n5-c5ccccc5)c43)c2)cc1. The largest absolute Gasteiger partial charge is 0.308 e. The molecular formula is C41H27N3. The molecule has 44 heavy (non-hydrogen) atoms. The number of hydrogen-bond donors (Lipinski definition) is 0. The van der Waals surface area contributed by atoms with Gasteiger partial charge in [-0.05, 0) is 64.7 Å². The van der Waals surface area contributed by atoms with Crippen LogP contribution in [0.25, 0.3) is 77.4 Å². The molecule has 9 aromatic rings. The summed E-state index contributed by atoms with van der Waals surface area (Å²) in [5.41, 5.74) is 11.4. The lowest BCUT2D eigenvalue weighted by atomic mass is 9.98. The monoisotopic (exact) mass is 561 g/mol. The minimum Gasteiger partial charge on any atom is -0.308 e. The highest BCUT2D eigenvalue weighted by molar-refractivity contribution is 6.25. The van der Waals surface area contributed by atoms with Crippen molar-refractivity contribution in [2.45, 2.75) is 0 Å². The lowest BCUT2D eigenvalue weighted by molar-refractivity contribution is 1.14. The molecule has 206 valence electrons. The van der Waals surface area contributed by atoms with E-state index in [1.54, 1.807) is 0 Å². The van der Waals surface area contributed by atoms with Crippen LogP contribution in [0.3, 0.4) is 0 Å². The summed E-state index contributed by atoms with van der Waals surface area (Å²) >= 11 is 0. The third kappa shape index (κ3) is 3.73. The zero-order valence-corrected chi connectivity index (χ0v) is 23.9. The summed E-state index contributed by atoms with van der Waals surface area (Å²) in [6, 6.07) is 56.2. The van der Waals surface area contributed by atoms with Crippen LogP contribution in [0.4, 0.5) is 0 Å². The van der Waals surface area contributed by atoms with Crippen molar-refractivity contribution in [3.8, 4) is 33.6 Å². The van der Waals surface area contributed by atoms with E-state index in [1.807, 2.05) is 0 Å². The lowest BCUT2D eigenvalue weighted by Gasteiger charge is -2.14. The van der Waals surface area contributed by atoms with Crippen molar-refractivity contribution in [1.82, 2.24) is 14.1 Å². The first kappa shape index (κ1) is 24.6. The van der Waals surface area contributed by atoms with E-state index in [1.165, 1.54) is 38.5 Å². The molecule has 0 unspecified atom stereocenters. The second-order valence-electron chi connectivity index (χ2n) is 11.3. The molecule has 3 aromatic heterocycles. The molecule has 6 aromatic carbocycles. The minimum absolute atomic E-state index is 0.955. The van der Waals surface area contributed by atoms with Crippen molar-refractivity contribution < 1.29 is 0 Å². The van der Waals surface area contributed by atoms with E-state index in [2.05, 4.69) is 173 Å². The summed E-state index contributed by atoms with van der Waals surface area (Å²) in [5.74, 6) is 0. The number of benzene rings is 6. The van der Waals surface area contributed by atoms with Crippen molar-refractivity contribution in [2.75, 3.05) is 0 Å². The van der Waals surface area contributed by atoms with Crippen LogP contribution in [0.15, 0.2) is 164 Å². The van der Waals surface area contributed by atoms with E-state index in [4.69, 9.17) is 4.98 Å². The molecule has 0 aliphatic carbocycles. The maximum Gasteiger partial charge on any atom is 0.147 e. The van der Waals surface area contributed by atoms with Gasteiger partial charge in [-0.1, -0.05) is 115 Å². The molecule has 0 aliphatic rings. The van der Waals surface area contributed by atoms with E-state index < -0.39 is 0 Å². The predicted molar refractivity (Wildman–Crippen MR) is 184 cm³/mol. The van der Waals surface area contributed by atoms with Gasteiger partial charge in [0.15, 0.2) is 0 Å². The number of para-hydroxylation sites is 3. The Labute approximate surface area is 254 Å². The topological polar surface area (TPSA) is 22.8 Å². The van der Waals surface area contributed by atoms with Gasteiger partial charge in [-0.3, -0.25) is 4.57 Å². The first-order chi connectivity index (χ1) is 21.8. The quantitative estimate of drug-likeness (QED) is 0.210. The van der Waals surface area contributed by atoms with Crippen LogP contribution >= 0.6 is 0 Å². The van der Waals surface area contributed by atoms with Crippen LogP contribution in [-0.2, 0) is 0 Å². The third-order valence-electron chi connectivity index (χ3n) is 8.72. The molecule has 0 amide bonds. The first-order valence-corrected chi connectivity index (χ1v) is 15.0. The van der Waals surface area contributed by atoms with Crippen molar-refractivity contribution in [3.63, 3.8) is 0 Å². The van der Waals surface area contributed by atoms with Gasteiger partial charge in [0, 0.05) is 33.7 Å². The van der Waals surface area contributed by atoms with Crippen molar-refractivity contribution in [2.24, 2.45) is 0 Å². The summed E-state index contributed by atoms with van der Waals surface area (Å²) in [6.07, 6.45) is 2.06. The Kier molecular flexibility index (Phi) is 5.50. The van der Waals surface area contributed by atoms with Gasteiger partial charge in [-0.2, -0.15) is 0 Å². The van der Waals surface area contributed by atoms with Crippen LogP contribution in [-0.4, -0.2) is 14.1 Å².